The maximum absolute atomic E-state index is 12.8. The number of sulfonamides is 1. The molecule has 0 aliphatic carbocycles. The van der Waals surface area contributed by atoms with Gasteiger partial charge in [0, 0.05) is 18.9 Å². The quantitative estimate of drug-likeness (QED) is 0.600. The number of hydrogen-bond acceptors (Lipinski definition) is 9. The molecule has 31 heavy (non-hydrogen) atoms. The fourth-order valence-corrected chi connectivity index (χ4v) is 4.16. The van der Waals surface area contributed by atoms with Crippen molar-refractivity contribution in [3.63, 3.8) is 0 Å². The van der Waals surface area contributed by atoms with Crippen molar-refractivity contribution in [3.05, 3.63) is 35.1 Å². The minimum Gasteiger partial charge on any atom is -0.480 e. The van der Waals surface area contributed by atoms with E-state index in [1.807, 2.05) is 0 Å². The molecule has 0 bridgehead atoms. The number of nitrogens with one attached hydrogen (secondary N) is 1. The summed E-state index contributed by atoms with van der Waals surface area (Å²) in [7, 11) is -1.27. The molecule has 168 valence electrons. The van der Waals surface area contributed by atoms with Crippen molar-refractivity contribution in [1.29, 1.82) is 0 Å². The number of aromatic nitrogens is 2. The van der Waals surface area contributed by atoms with E-state index in [0.717, 1.165) is 0 Å². The third-order valence-corrected chi connectivity index (χ3v) is 5.76. The van der Waals surface area contributed by atoms with Crippen LogP contribution in [-0.2, 0) is 26.0 Å². The van der Waals surface area contributed by atoms with Crippen molar-refractivity contribution in [2.75, 3.05) is 45.3 Å². The van der Waals surface area contributed by atoms with Gasteiger partial charge in [-0.15, -0.1) is 0 Å². The number of carbonyl (C=O) groups is 1. The number of hydrogen-bond donors (Lipinski definition) is 1. The average molecular weight is 473 g/mol. The Kier molecular flexibility index (Phi) is 7.36. The lowest BCUT2D eigenvalue weighted by Gasteiger charge is -2.19. The number of halogens is 1. The summed E-state index contributed by atoms with van der Waals surface area (Å²) in [5.41, 5.74) is 0.677. The maximum atomic E-state index is 12.8. The number of pyridine rings is 2. The van der Waals surface area contributed by atoms with E-state index in [4.69, 9.17) is 30.5 Å². The molecule has 1 aliphatic heterocycles. The first kappa shape index (κ1) is 22.8. The molecule has 0 spiro atoms. The Balaban J connectivity index is 1.81. The first-order valence-electron chi connectivity index (χ1n) is 9.08. The molecule has 0 saturated carbocycles. The van der Waals surface area contributed by atoms with E-state index < -0.39 is 16.1 Å². The van der Waals surface area contributed by atoms with Gasteiger partial charge in [0.25, 0.3) is 10.0 Å². The molecule has 0 radical (unpaired) electrons. The van der Waals surface area contributed by atoms with Gasteiger partial charge in [0.1, 0.15) is 13.2 Å². The SMILES string of the molecule is COCCOC(=O)N1CCOc2ncc(NS(=O)(=O)c3cc(Cl)cnc3OC)cc2C1. The van der Waals surface area contributed by atoms with Crippen molar-refractivity contribution in [2.24, 2.45) is 0 Å². The molecule has 0 atom stereocenters. The van der Waals surface area contributed by atoms with Crippen molar-refractivity contribution in [2.45, 2.75) is 11.4 Å². The third kappa shape index (κ3) is 5.66. The third-order valence-electron chi connectivity index (χ3n) is 4.18. The predicted octanol–water partition coefficient (Wildman–Crippen LogP) is 1.92. The van der Waals surface area contributed by atoms with Crippen molar-refractivity contribution in [3.8, 4) is 11.8 Å². The lowest BCUT2D eigenvalue weighted by atomic mass is 10.2. The summed E-state index contributed by atoms with van der Waals surface area (Å²) in [5, 5.41) is 0.136. The first-order valence-corrected chi connectivity index (χ1v) is 10.9. The van der Waals surface area contributed by atoms with Gasteiger partial charge in [0.05, 0.1) is 43.7 Å². The average Bonchev–Trinajstić information content (AvgIpc) is 2.95. The maximum Gasteiger partial charge on any atom is 0.410 e. The van der Waals surface area contributed by atoms with E-state index in [2.05, 4.69) is 14.7 Å². The Hall–Kier alpha value is -2.83. The van der Waals surface area contributed by atoms with E-state index in [0.29, 0.717) is 11.4 Å². The van der Waals surface area contributed by atoms with Crippen LogP contribution in [0.15, 0.2) is 29.4 Å². The Morgan fingerprint density at radius 1 is 1.26 bits per heavy atom. The van der Waals surface area contributed by atoms with Gasteiger partial charge in [0.15, 0.2) is 4.90 Å². The fraction of sp³-hybridized carbons (Fsp3) is 0.389. The summed E-state index contributed by atoms with van der Waals surface area (Å²) in [6.45, 7) is 1.03. The molecule has 3 rings (SSSR count). The molecule has 11 nitrogen and oxygen atoms in total. The van der Waals surface area contributed by atoms with Gasteiger partial charge in [-0.25, -0.2) is 23.2 Å². The van der Waals surface area contributed by atoms with E-state index >= 15 is 0 Å². The highest BCUT2D eigenvalue weighted by molar-refractivity contribution is 7.92. The lowest BCUT2D eigenvalue weighted by Crippen LogP contribution is -2.33. The number of anilines is 1. The molecule has 0 aromatic carbocycles. The van der Waals surface area contributed by atoms with Crippen LogP contribution in [0.25, 0.3) is 0 Å². The molecule has 1 amide bonds. The summed E-state index contributed by atoms with van der Waals surface area (Å²) >= 11 is 5.89. The molecule has 13 heteroatoms. The fourth-order valence-electron chi connectivity index (χ4n) is 2.76. The molecule has 0 saturated heterocycles. The van der Waals surface area contributed by atoms with Crippen LogP contribution in [0.4, 0.5) is 10.5 Å². The number of rotatable bonds is 7. The molecule has 0 unspecified atom stereocenters. The summed E-state index contributed by atoms with van der Waals surface area (Å²) in [5.74, 6) is 0.199. The zero-order valence-electron chi connectivity index (χ0n) is 16.8. The number of fused-ring (bicyclic) bond motifs is 1. The molecular formula is C18H21ClN4O7S. The zero-order chi connectivity index (χ0) is 22.4. The molecule has 0 fully saturated rings. The first-order chi connectivity index (χ1) is 14.8. The standard InChI is InChI=1S/C18H21ClN4O7S/c1-27-5-6-30-18(24)23-3-4-29-16-12(11-23)7-14(10-21-16)22-31(25,26)15-8-13(19)9-20-17(15)28-2/h7-10,22H,3-6,11H2,1-2H3. The molecule has 2 aromatic heterocycles. The van der Waals surface area contributed by atoms with E-state index in [9.17, 15) is 13.2 Å². The number of carbonyl (C=O) groups excluding carboxylic acids is 1. The van der Waals surface area contributed by atoms with E-state index in [-0.39, 0.29) is 54.4 Å². The second-order valence-corrected chi connectivity index (χ2v) is 8.42. The monoisotopic (exact) mass is 472 g/mol. The minimum atomic E-state index is -4.08. The van der Waals surface area contributed by atoms with Gasteiger partial charge in [-0.2, -0.15) is 0 Å². The summed E-state index contributed by atoms with van der Waals surface area (Å²) < 4.78 is 48.7. The van der Waals surface area contributed by atoms with Gasteiger partial charge in [0.2, 0.25) is 11.8 Å². The smallest absolute Gasteiger partial charge is 0.410 e. The molecular weight excluding hydrogens is 452 g/mol. The van der Waals surface area contributed by atoms with Crippen LogP contribution in [0.5, 0.6) is 11.8 Å². The van der Waals surface area contributed by atoms with Gasteiger partial charge < -0.3 is 23.8 Å². The highest BCUT2D eigenvalue weighted by Gasteiger charge is 2.25. The lowest BCUT2D eigenvalue weighted by molar-refractivity contribution is 0.0687. The number of ether oxygens (including phenoxy) is 4. The van der Waals surface area contributed by atoms with Gasteiger partial charge >= 0.3 is 6.09 Å². The molecule has 1 N–H and O–H groups in total. The van der Waals surface area contributed by atoms with Crippen molar-refractivity contribution in [1.82, 2.24) is 14.9 Å². The van der Waals surface area contributed by atoms with E-state index in [1.165, 1.54) is 43.6 Å². The van der Waals surface area contributed by atoms with Crippen LogP contribution in [0, 0.1) is 0 Å². The summed E-state index contributed by atoms with van der Waals surface area (Å²) in [6, 6.07) is 2.76. The van der Waals surface area contributed by atoms with Crippen molar-refractivity contribution >= 4 is 33.4 Å². The summed E-state index contributed by atoms with van der Waals surface area (Å²) in [4.78, 5) is 21.5. The summed E-state index contributed by atoms with van der Waals surface area (Å²) in [6.07, 6.45) is 2.06. The molecule has 1 aliphatic rings. The van der Waals surface area contributed by atoms with Crippen LogP contribution in [0.1, 0.15) is 5.56 Å². The molecule has 3 heterocycles. The number of nitrogens with zero attached hydrogens (tertiary/aromatic N) is 3. The van der Waals surface area contributed by atoms with Gasteiger partial charge in [-0.05, 0) is 12.1 Å². The van der Waals surface area contributed by atoms with Gasteiger partial charge in [-0.3, -0.25) is 4.72 Å². The van der Waals surface area contributed by atoms with Crippen LogP contribution >= 0.6 is 11.6 Å². The van der Waals surface area contributed by atoms with Crippen molar-refractivity contribution < 1.29 is 32.2 Å². The zero-order valence-corrected chi connectivity index (χ0v) is 18.4. The Labute approximate surface area is 184 Å². The number of methoxy groups -OCH3 is 2. The predicted molar refractivity (Wildman–Crippen MR) is 110 cm³/mol. The normalized spacial score (nSPS) is 13.6. The van der Waals surface area contributed by atoms with Crippen LogP contribution in [0.3, 0.4) is 0 Å². The van der Waals surface area contributed by atoms with Crippen LogP contribution in [-0.4, -0.2) is 70.0 Å². The Morgan fingerprint density at radius 2 is 2.06 bits per heavy atom. The van der Waals surface area contributed by atoms with Gasteiger partial charge in [-0.1, -0.05) is 11.6 Å². The Morgan fingerprint density at radius 3 is 2.81 bits per heavy atom. The second kappa shape index (κ2) is 9.98. The second-order valence-electron chi connectivity index (χ2n) is 6.33. The van der Waals surface area contributed by atoms with E-state index in [1.54, 1.807) is 0 Å². The topological polar surface area (TPSA) is 129 Å². The molecule has 2 aromatic rings. The Bertz CT molecular complexity index is 1050. The largest absolute Gasteiger partial charge is 0.480 e. The highest BCUT2D eigenvalue weighted by atomic mass is 35.5. The number of amides is 1. The van der Waals surface area contributed by atoms with Crippen LogP contribution in [0.2, 0.25) is 5.02 Å². The minimum absolute atomic E-state index is 0.104. The van der Waals surface area contributed by atoms with Crippen LogP contribution < -0.4 is 14.2 Å². The highest BCUT2D eigenvalue weighted by Crippen LogP contribution is 2.28.